The molecule has 2 rings (SSSR count). The summed E-state index contributed by atoms with van der Waals surface area (Å²) in [4.78, 5) is 29.2. The second-order valence-electron chi connectivity index (χ2n) is 5.45. The van der Waals surface area contributed by atoms with Gasteiger partial charge in [0.2, 0.25) is 9.84 Å². The van der Waals surface area contributed by atoms with Crippen molar-refractivity contribution in [2.24, 2.45) is 0 Å². The lowest BCUT2D eigenvalue weighted by Crippen LogP contribution is -2.17. The number of carbonyl (C=O) groups excluding carboxylic acids is 1. The molecule has 0 radical (unpaired) electrons. The van der Waals surface area contributed by atoms with Crippen molar-refractivity contribution in [1.29, 1.82) is 5.26 Å². The molecule has 158 valence electrons. The van der Waals surface area contributed by atoms with Crippen LogP contribution in [0.5, 0.6) is 17.5 Å². The fourth-order valence-corrected chi connectivity index (χ4v) is 2.63. The zero-order valence-corrected chi connectivity index (χ0v) is 17.1. The van der Waals surface area contributed by atoms with Gasteiger partial charge in [0.05, 0.1) is 28.2 Å². The smallest absolute Gasteiger partial charge is 0.392 e. The highest BCUT2D eigenvalue weighted by atomic mass is 35.5. The summed E-state index contributed by atoms with van der Waals surface area (Å²) in [5.74, 6) is -2.70. The van der Waals surface area contributed by atoms with Crippen molar-refractivity contribution in [3.63, 3.8) is 0 Å². The molecule has 1 aromatic carbocycles. The molecule has 1 heterocycles. The van der Waals surface area contributed by atoms with E-state index < -0.39 is 49.9 Å². The quantitative estimate of drug-likeness (QED) is 0.246. The first-order valence-electron chi connectivity index (χ1n) is 7.99. The van der Waals surface area contributed by atoms with E-state index >= 15 is 0 Å². The van der Waals surface area contributed by atoms with Crippen LogP contribution in [-0.4, -0.2) is 48.7 Å². The van der Waals surface area contributed by atoms with Crippen molar-refractivity contribution >= 4 is 33.1 Å². The van der Waals surface area contributed by atoms with E-state index in [-0.39, 0.29) is 22.9 Å². The molecule has 0 bridgehead atoms. The number of hydrogen-bond donors (Lipinski definition) is 0. The minimum absolute atomic E-state index is 0.0307. The van der Waals surface area contributed by atoms with Crippen LogP contribution in [0.2, 0.25) is 5.02 Å². The predicted octanol–water partition coefficient (Wildman–Crippen LogP) is 2.05. The molecule has 0 N–H and O–H groups in total. The Bertz CT molecular complexity index is 1150. The number of hydrogen-bond acceptors (Lipinski definition) is 11. The van der Waals surface area contributed by atoms with E-state index in [0.29, 0.717) is 0 Å². The molecule has 0 saturated carbocycles. The Morgan fingerprint density at radius 2 is 2.00 bits per heavy atom. The molecule has 0 aliphatic heterocycles. The van der Waals surface area contributed by atoms with Crippen LogP contribution in [0.4, 0.5) is 5.69 Å². The lowest BCUT2D eigenvalue weighted by Gasteiger charge is -2.11. The fraction of sp³-hybridized carbons (Fsp3) is 0.250. The van der Waals surface area contributed by atoms with Gasteiger partial charge in [-0.1, -0.05) is 11.6 Å². The molecule has 12 nitrogen and oxygen atoms in total. The van der Waals surface area contributed by atoms with Crippen molar-refractivity contribution in [2.45, 2.75) is 12.1 Å². The van der Waals surface area contributed by atoms with Crippen LogP contribution in [0.1, 0.15) is 12.5 Å². The Morgan fingerprint density at radius 1 is 1.33 bits per heavy atom. The molecular weight excluding hydrogens is 444 g/mol. The molecule has 0 aliphatic rings. The van der Waals surface area contributed by atoms with Gasteiger partial charge in [0.1, 0.15) is 5.75 Å². The maximum atomic E-state index is 11.9. The minimum Gasteiger partial charge on any atom is -0.463 e. The van der Waals surface area contributed by atoms with Gasteiger partial charge < -0.3 is 14.2 Å². The number of benzene rings is 1. The molecule has 0 amide bonds. The fourth-order valence-electron chi connectivity index (χ4n) is 1.98. The molecule has 1 aromatic heterocycles. The third kappa shape index (κ3) is 5.52. The van der Waals surface area contributed by atoms with Crippen LogP contribution >= 0.6 is 11.6 Å². The number of sulfone groups is 1. The van der Waals surface area contributed by atoms with Gasteiger partial charge in [0.25, 0.3) is 5.16 Å². The molecule has 0 spiro atoms. The number of nitrogens with zero attached hydrogens (tertiary/aromatic N) is 4. The monoisotopic (exact) mass is 456 g/mol. The zero-order valence-electron chi connectivity index (χ0n) is 15.5. The van der Waals surface area contributed by atoms with Crippen LogP contribution in [-0.2, 0) is 19.4 Å². The van der Waals surface area contributed by atoms with Crippen LogP contribution in [0, 0.1) is 21.4 Å². The normalized spacial score (nSPS) is 10.7. The van der Waals surface area contributed by atoms with Gasteiger partial charge in [-0.15, -0.1) is 0 Å². The van der Waals surface area contributed by atoms with Gasteiger partial charge in [0.15, 0.2) is 6.61 Å². The zero-order chi connectivity index (χ0) is 22.5. The van der Waals surface area contributed by atoms with E-state index in [2.05, 4.69) is 14.7 Å². The summed E-state index contributed by atoms with van der Waals surface area (Å²) >= 11 is 5.98. The van der Waals surface area contributed by atoms with E-state index in [1.54, 1.807) is 0 Å². The third-order valence-electron chi connectivity index (χ3n) is 3.21. The van der Waals surface area contributed by atoms with Crippen molar-refractivity contribution in [3.8, 4) is 23.6 Å². The predicted molar refractivity (Wildman–Crippen MR) is 100 cm³/mol. The highest BCUT2D eigenvalue weighted by Gasteiger charge is 2.32. The largest absolute Gasteiger partial charge is 0.463 e. The van der Waals surface area contributed by atoms with Crippen LogP contribution in [0.25, 0.3) is 0 Å². The topological polar surface area (TPSA) is 172 Å². The number of carbonyl (C=O) groups is 1. The lowest BCUT2D eigenvalue weighted by atomic mass is 10.2. The standard InChI is InChI=1S/C16H13ClN4O8S/c1-3-27-12(22)8-28-14-13(21(23)24)15(20-16(19-14)30(2,25)26)29-11-6-9(7-18)4-5-10(11)17/h4-6H,3,8H2,1-2H3. The first-order chi connectivity index (χ1) is 14.1. The molecule has 0 fully saturated rings. The van der Waals surface area contributed by atoms with Crippen molar-refractivity contribution < 1.29 is 32.3 Å². The molecule has 0 unspecified atom stereocenters. The molecular formula is C16H13ClN4O8S. The summed E-state index contributed by atoms with van der Waals surface area (Å²) < 4.78 is 38.8. The molecule has 30 heavy (non-hydrogen) atoms. The minimum atomic E-state index is -4.06. The van der Waals surface area contributed by atoms with Crippen LogP contribution < -0.4 is 9.47 Å². The summed E-state index contributed by atoms with van der Waals surface area (Å²) in [6.07, 6.45) is 0.760. The number of esters is 1. The van der Waals surface area contributed by atoms with Crippen molar-refractivity contribution in [1.82, 2.24) is 9.97 Å². The first-order valence-corrected chi connectivity index (χ1v) is 10.3. The Hall–Kier alpha value is -3.50. The first kappa shape index (κ1) is 22.8. The van der Waals surface area contributed by atoms with E-state index in [1.165, 1.54) is 25.1 Å². The summed E-state index contributed by atoms with van der Waals surface area (Å²) in [6, 6.07) is 5.68. The maximum absolute atomic E-state index is 11.9. The van der Waals surface area contributed by atoms with Gasteiger partial charge in [-0.2, -0.15) is 15.2 Å². The summed E-state index contributed by atoms with van der Waals surface area (Å²) in [7, 11) is -4.06. The Kier molecular flexibility index (Phi) is 7.09. The summed E-state index contributed by atoms with van der Waals surface area (Å²) in [6.45, 7) is 0.793. The van der Waals surface area contributed by atoms with E-state index in [4.69, 9.17) is 26.3 Å². The van der Waals surface area contributed by atoms with Gasteiger partial charge in [-0.25, -0.2) is 13.2 Å². The number of aromatic nitrogens is 2. The highest BCUT2D eigenvalue weighted by Crippen LogP contribution is 2.39. The molecule has 0 atom stereocenters. The Balaban J connectivity index is 2.62. The molecule has 14 heteroatoms. The summed E-state index contributed by atoms with van der Waals surface area (Å²) in [5.41, 5.74) is -0.835. The van der Waals surface area contributed by atoms with Gasteiger partial charge in [-0.3, -0.25) is 10.1 Å². The van der Waals surface area contributed by atoms with E-state index in [9.17, 15) is 23.3 Å². The number of rotatable bonds is 8. The number of ether oxygens (including phenoxy) is 3. The number of halogens is 1. The second-order valence-corrected chi connectivity index (χ2v) is 7.76. The highest BCUT2D eigenvalue weighted by molar-refractivity contribution is 7.90. The maximum Gasteiger partial charge on any atom is 0.392 e. The van der Waals surface area contributed by atoms with Gasteiger partial charge >= 0.3 is 23.4 Å². The summed E-state index contributed by atoms with van der Waals surface area (Å²) in [5, 5.41) is 19.7. The lowest BCUT2D eigenvalue weighted by molar-refractivity contribution is -0.387. The van der Waals surface area contributed by atoms with Crippen molar-refractivity contribution in [2.75, 3.05) is 19.5 Å². The number of nitriles is 1. The Morgan fingerprint density at radius 3 is 2.57 bits per heavy atom. The van der Waals surface area contributed by atoms with Crippen LogP contribution in [0.3, 0.4) is 0 Å². The molecule has 2 aromatic rings. The molecule has 0 aliphatic carbocycles. The second kappa shape index (κ2) is 9.33. The molecule has 0 saturated heterocycles. The van der Waals surface area contributed by atoms with Gasteiger partial charge in [-0.05, 0) is 19.1 Å². The third-order valence-corrected chi connectivity index (χ3v) is 4.37. The average Bonchev–Trinajstić information content (AvgIpc) is 2.67. The average molecular weight is 457 g/mol. The SMILES string of the molecule is CCOC(=O)COc1nc(S(C)(=O)=O)nc(Oc2cc(C#N)ccc2Cl)c1[N+](=O)[O-]. The van der Waals surface area contributed by atoms with E-state index in [0.717, 1.165) is 6.26 Å². The van der Waals surface area contributed by atoms with Crippen LogP contribution in [0.15, 0.2) is 23.4 Å². The Labute approximate surface area is 175 Å². The number of nitro groups is 1. The van der Waals surface area contributed by atoms with Gasteiger partial charge in [0, 0.05) is 12.3 Å². The van der Waals surface area contributed by atoms with Crippen molar-refractivity contribution in [3.05, 3.63) is 38.9 Å². The van der Waals surface area contributed by atoms with E-state index in [1.807, 2.05) is 6.07 Å².